The van der Waals surface area contributed by atoms with Crippen molar-refractivity contribution < 1.29 is 17.9 Å². The number of pyridine rings is 1. The lowest BCUT2D eigenvalue weighted by atomic mass is 10.1. The Hall–Kier alpha value is -3.53. The van der Waals surface area contributed by atoms with Crippen molar-refractivity contribution in [1.82, 2.24) is 4.98 Å². The van der Waals surface area contributed by atoms with Crippen LogP contribution in [0.3, 0.4) is 0 Å². The number of nitrogens with zero attached hydrogens (tertiary/aromatic N) is 2. The molecular weight excluding hydrogens is 403 g/mol. The Bertz CT molecular complexity index is 1240. The first kappa shape index (κ1) is 18.8. The van der Waals surface area contributed by atoms with Crippen LogP contribution in [-0.2, 0) is 0 Å². The molecule has 6 nitrogen and oxygen atoms in total. The second-order valence-corrected chi connectivity index (χ2v) is 6.99. The van der Waals surface area contributed by atoms with Gasteiger partial charge in [0.05, 0.1) is 5.52 Å². The Morgan fingerprint density at radius 2 is 1.93 bits per heavy atom. The normalized spacial score (nSPS) is 12.4. The molecule has 0 amide bonds. The van der Waals surface area contributed by atoms with E-state index in [9.17, 15) is 13.2 Å². The van der Waals surface area contributed by atoms with Crippen molar-refractivity contribution in [1.29, 1.82) is 0 Å². The van der Waals surface area contributed by atoms with Crippen LogP contribution >= 0.6 is 11.3 Å². The lowest BCUT2D eigenvalue weighted by Crippen LogP contribution is -2.17. The number of alkyl halides is 3. The maximum Gasteiger partial charge on any atom is 0.573 e. The minimum Gasteiger partial charge on any atom is -0.406 e. The van der Waals surface area contributed by atoms with Crippen LogP contribution in [0.25, 0.3) is 21.0 Å². The number of nitrogens with two attached hydrogens (primary N) is 2. The summed E-state index contributed by atoms with van der Waals surface area (Å²) in [6, 6.07) is 12.9. The van der Waals surface area contributed by atoms with Gasteiger partial charge in [-0.15, -0.1) is 24.5 Å². The molecule has 0 aliphatic carbocycles. The molecule has 0 spiro atoms. The monoisotopic (exact) mass is 417 g/mol. The van der Waals surface area contributed by atoms with Gasteiger partial charge >= 0.3 is 6.36 Å². The molecule has 0 unspecified atom stereocenters. The zero-order valence-corrected chi connectivity index (χ0v) is 15.5. The van der Waals surface area contributed by atoms with Gasteiger partial charge in [0.25, 0.3) is 0 Å². The minimum absolute atomic E-state index is 0.173. The van der Waals surface area contributed by atoms with Crippen molar-refractivity contribution in [2.75, 3.05) is 5.32 Å². The van der Waals surface area contributed by atoms with E-state index >= 15 is 0 Å². The number of anilines is 2. The highest BCUT2D eigenvalue weighted by Gasteiger charge is 2.31. The number of hydrazone groups is 1. The summed E-state index contributed by atoms with van der Waals surface area (Å²) in [5.74, 6) is 5.60. The third-order valence-corrected chi connectivity index (χ3v) is 5.11. The van der Waals surface area contributed by atoms with Gasteiger partial charge < -0.3 is 21.6 Å². The quantitative estimate of drug-likeness (QED) is 0.194. The molecule has 0 atom stereocenters. The van der Waals surface area contributed by atoms with Crippen LogP contribution in [0.5, 0.6) is 5.75 Å². The standard InChI is InChI=1S/C19H14F3N5OS/c20-19(21,22)28-12-3-1-2-11(9-12)25-18-14-6-7-29-16(14)13-5-4-10(17(23)27-24)8-15(13)26-18/h1-9H,24H2,(H2,23,27)(H,25,26). The fourth-order valence-corrected chi connectivity index (χ4v) is 3.87. The summed E-state index contributed by atoms with van der Waals surface area (Å²) in [5.41, 5.74) is 7.46. The van der Waals surface area contributed by atoms with Crippen molar-refractivity contribution in [3.8, 4) is 5.75 Å². The summed E-state index contributed by atoms with van der Waals surface area (Å²) in [7, 11) is 0. The first-order valence-corrected chi connectivity index (χ1v) is 9.19. The predicted octanol–water partition coefficient (Wildman–Crippen LogP) is 4.67. The molecule has 0 radical (unpaired) electrons. The summed E-state index contributed by atoms with van der Waals surface area (Å²) < 4.78 is 42.4. The Balaban J connectivity index is 1.78. The minimum atomic E-state index is -4.76. The highest BCUT2D eigenvalue weighted by molar-refractivity contribution is 7.18. The number of hydrogen-bond donors (Lipinski definition) is 3. The first-order chi connectivity index (χ1) is 13.8. The second-order valence-electron chi connectivity index (χ2n) is 6.07. The highest BCUT2D eigenvalue weighted by atomic mass is 32.1. The number of hydrogen-bond acceptors (Lipinski definition) is 6. The molecule has 0 aliphatic heterocycles. The van der Waals surface area contributed by atoms with Crippen LogP contribution < -0.4 is 21.6 Å². The predicted molar refractivity (Wildman–Crippen MR) is 108 cm³/mol. The average molecular weight is 417 g/mol. The van der Waals surface area contributed by atoms with Crippen LogP contribution in [0.15, 0.2) is 59.0 Å². The average Bonchev–Trinajstić information content (AvgIpc) is 3.16. The first-order valence-electron chi connectivity index (χ1n) is 8.31. The Morgan fingerprint density at radius 3 is 2.69 bits per heavy atom. The lowest BCUT2D eigenvalue weighted by Gasteiger charge is -2.12. The molecule has 0 saturated heterocycles. The topological polar surface area (TPSA) is 98.5 Å². The summed E-state index contributed by atoms with van der Waals surface area (Å²) in [6.07, 6.45) is -4.76. The summed E-state index contributed by atoms with van der Waals surface area (Å²) >= 11 is 1.53. The second kappa shape index (κ2) is 7.13. The van der Waals surface area contributed by atoms with Gasteiger partial charge in [0.15, 0.2) is 0 Å². The van der Waals surface area contributed by atoms with Crippen LogP contribution in [0.2, 0.25) is 0 Å². The van der Waals surface area contributed by atoms with Gasteiger partial charge in [-0.05, 0) is 29.6 Å². The van der Waals surface area contributed by atoms with E-state index in [2.05, 4.69) is 20.1 Å². The van der Waals surface area contributed by atoms with Crippen molar-refractivity contribution >= 4 is 49.7 Å². The number of amidine groups is 1. The van der Waals surface area contributed by atoms with E-state index in [1.165, 1.54) is 29.5 Å². The molecule has 29 heavy (non-hydrogen) atoms. The van der Waals surface area contributed by atoms with Gasteiger partial charge in [-0.3, -0.25) is 0 Å². The number of rotatable bonds is 4. The Morgan fingerprint density at radius 1 is 1.10 bits per heavy atom. The molecule has 2 aromatic carbocycles. The fourth-order valence-electron chi connectivity index (χ4n) is 2.94. The third-order valence-electron chi connectivity index (χ3n) is 4.16. The van der Waals surface area contributed by atoms with Crippen molar-refractivity contribution in [2.24, 2.45) is 16.7 Å². The molecule has 0 saturated carbocycles. The van der Waals surface area contributed by atoms with Gasteiger partial charge in [0.2, 0.25) is 0 Å². The number of fused-ring (bicyclic) bond motifs is 3. The van der Waals surface area contributed by atoms with Crippen LogP contribution in [-0.4, -0.2) is 17.2 Å². The molecule has 0 bridgehead atoms. The summed E-state index contributed by atoms with van der Waals surface area (Å²) in [6.45, 7) is 0. The number of thiophene rings is 1. The molecule has 5 N–H and O–H groups in total. The van der Waals surface area contributed by atoms with Gasteiger partial charge in [0.1, 0.15) is 17.4 Å². The summed E-state index contributed by atoms with van der Waals surface area (Å²) in [5, 5.41) is 10.3. The van der Waals surface area contributed by atoms with E-state index in [0.717, 1.165) is 15.5 Å². The highest BCUT2D eigenvalue weighted by Crippen LogP contribution is 2.35. The van der Waals surface area contributed by atoms with E-state index in [4.69, 9.17) is 11.6 Å². The number of nitrogens with one attached hydrogen (secondary N) is 1. The zero-order valence-electron chi connectivity index (χ0n) is 14.7. The van der Waals surface area contributed by atoms with Gasteiger partial charge in [0, 0.05) is 32.8 Å². The molecular formula is C19H14F3N5OS. The van der Waals surface area contributed by atoms with Gasteiger partial charge in [-0.2, -0.15) is 5.10 Å². The van der Waals surface area contributed by atoms with Crippen molar-refractivity contribution in [2.45, 2.75) is 6.36 Å². The Kier molecular flexibility index (Phi) is 4.63. The maximum absolute atomic E-state index is 12.5. The number of benzene rings is 2. The summed E-state index contributed by atoms with van der Waals surface area (Å²) in [4.78, 5) is 4.63. The smallest absolute Gasteiger partial charge is 0.406 e. The molecule has 10 heteroatoms. The molecule has 2 aromatic heterocycles. The number of aromatic nitrogens is 1. The molecule has 4 aromatic rings. The van der Waals surface area contributed by atoms with E-state index < -0.39 is 6.36 Å². The molecule has 0 aliphatic rings. The van der Waals surface area contributed by atoms with E-state index in [1.807, 2.05) is 17.5 Å². The van der Waals surface area contributed by atoms with E-state index in [0.29, 0.717) is 22.6 Å². The Labute approximate surface area is 166 Å². The lowest BCUT2D eigenvalue weighted by molar-refractivity contribution is -0.274. The van der Waals surface area contributed by atoms with Crippen LogP contribution in [0, 0.1) is 0 Å². The van der Waals surface area contributed by atoms with E-state index in [-0.39, 0.29) is 11.6 Å². The van der Waals surface area contributed by atoms with Crippen molar-refractivity contribution in [3.63, 3.8) is 0 Å². The number of halogens is 3. The number of ether oxygens (including phenoxy) is 1. The maximum atomic E-state index is 12.5. The largest absolute Gasteiger partial charge is 0.573 e. The molecule has 2 heterocycles. The fraction of sp³-hybridized carbons (Fsp3) is 0.0526. The third kappa shape index (κ3) is 3.87. The SMILES string of the molecule is N/N=C(\N)c1ccc2c(c1)nc(Nc1cccc(OC(F)(F)F)c1)c1ccsc12. The molecule has 148 valence electrons. The van der Waals surface area contributed by atoms with Crippen LogP contribution in [0.4, 0.5) is 24.7 Å². The van der Waals surface area contributed by atoms with Crippen molar-refractivity contribution in [3.05, 3.63) is 59.5 Å². The molecule has 4 rings (SSSR count). The van der Waals surface area contributed by atoms with E-state index in [1.54, 1.807) is 18.2 Å². The zero-order chi connectivity index (χ0) is 20.6. The van der Waals surface area contributed by atoms with Gasteiger partial charge in [-0.25, -0.2) is 4.98 Å². The van der Waals surface area contributed by atoms with Crippen LogP contribution in [0.1, 0.15) is 5.56 Å². The molecule has 0 fully saturated rings. The van der Waals surface area contributed by atoms with Gasteiger partial charge in [-0.1, -0.05) is 18.2 Å².